The molecule has 4 rings (SSSR count). The van der Waals surface area contributed by atoms with E-state index < -0.39 is 57.6 Å². The largest absolute Gasteiger partial charge is 0.252 e. The molecule has 3 aromatic carbocycles. The van der Waals surface area contributed by atoms with Crippen molar-refractivity contribution in [1.29, 1.82) is 42.1 Å². The molecular formula is C30H8N10. The van der Waals surface area contributed by atoms with E-state index in [2.05, 4.69) is 9.97 Å². The lowest BCUT2D eigenvalue weighted by atomic mass is 9.90. The van der Waals surface area contributed by atoms with Crippen LogP contribution < -0.4 is 10.4 Å². The first-order valence-corrected chi connectivity index (χ1v) is 10.7. The molecule has 0 N–H and O–H groups in total. The Kier molecular flexibility index (Phi) is 5.58. The molecule has 1 heterocycles. The Bertz CT molecular complexity index is 2230. The Hall–Kier alpha value is -7.34. The van der Waals surface area contributed by atoms with Gasteiger partial charge in [0.1, 0.15) is 12.1 Å². The molecule has 1 aromatic heterocycles. The van der Waals surface area contributed by atoms with Crippen molar-refractivity contribution in [2.45, 2.75) is 0 Å². The van der Waals surface area contributed by atoms with Gasteiger partial charge in [-0.15, -0.1) is 0 Å². The lowest BCUT2D eigenvalue weighted by Gasteiger charge is -2.09. The van der Waals surface area contributed by atoms with Crippen LogP contribution in [0.4, 0.5) is 0 Å². The molecule has 0 radical (unpaired) electrons. The third kappa shape index (κ3) is 4.15. The molecule has 0 atom stereocenters. The smallest absolute Gasteiger partial charge is 0.101 e. The molecule has 0 unspecified atom stereocenters. The highest BCUT2D eigenvalue weighted by Crippen LogP contribution is 2.25. The topological polar surface area (TPSA) is 216 Å². The number of nitrogens with zero attached hydrogens (tertiary/aromatic N) is 10. The van der Waals surface area contributed by atoms with Crippen molar-refractivity contribution in [3.05, 3.63) is 104 Å². The van der Waals surface area contributed by atoms with Crippen molar-refractivity contribution >= 4 is 22.2 Å². The molecule has 40 heavy (non-hydrogen) atoms. The normalized spacial score (nSPS) is 12.5. The van der Waals surface area contributed by atoms with E-state index in [4.69, 9.17) is 5.48 Å². The van der Waals surface area contributed by atoms with Crippen LogP contribution in [0.5, 0.6) is 0 Å². The maximum atomic E-state index is 10.3. The number of hydrogen-bond donors (Lipinski definition) is 0. The number of hydrogen-bond acceptors (Lipinski definition) is 10. The molecule has 0 fully saturated rings. The first-order chi connectivity index (χ1) is 21.2. The average Bonchev–Trinajstić information content (AvgIpc) is 3.03. The summed E-state index contributed by atoms with van der Waals surface area (Å²) in [4.78, 5) is 8.54. The summed E-state index contributed by atoms with van der Waals surface area (Å²) in [5, 5.41) is 78.7. The van der Waals surface area contributed by atoms with Crippen molar-refractivity contribution in [2.75, 3.05) is 0 Å². The summed E-state index contributed by atoms with van der Waals surface area (Å²) < 4.78 is 33.1. The fourth-order valence-corrected chi connectivity index (χ4v) is 3.97. The Morgan fingerprint density at radius 3 is 1.10 bits per heavy atom. The van der Waals surface area contributed by atoms with Gasteiger partial charge < -0.3 is 0 Å². The van der Waals surface area contributed by atoms with E-state index in [9.17, 15) is 42.1 Å². The summed E-state index contributed by atoms with van der Waals surface area (Å²) in [6.07, 6.45) is 2.48. The van der Waals surface area contributed by atoms with E-state index in [1.54, 1.807) is 36.4 Å². The fraction of sp³-hybridized carbons (Fsp3) is 0. The third-order valence-electron chi connectivity index (χ3n) is 5.56. The van der Waals surface area contributed by atoms with Crippen LogP contribution in [0.3, 0.4) is 0 Å². The lowest BCUT2D eigenvalue weighted by Crippen LogP contribution is -2.20. The molecule has 10 heteroatoms. The Labute approximate surface area is 232 Å². The predicted octanol–water partition coefficient (Wildman–Crippen LogP) is 2.31. The summed E-state index contributed by atoms with van der Waals surface area (Å²) in [5.74, 6) is 0. The average molecular weight is 512 g/mol. The van der Waals surface area contributed by atoms with Crippen molar-refractivity contribution in [3.8, 4) is 48.6 Å². The van der Waals surface area contributed by atoms with Crippen molar-refractivity contribution in [3.63, 3.8) is 0 Å². The SMILES string of the molecule is [2H]c1c(C#N)c([2H])c(C#N)c(/C(C#N)=c2\cc/c(=C(/C#N)c3c(C#N)c([2H])c(C#N)c([2H])c3C#N)c3nccnc23)c1C#N. The summed E-state index contributed by atoms with van der Waals surface area (Å²) in [7, 11) is 0. The minimum atomic E-state index is -0.653. The van der Waals surface area contributed by atoms with E-state index >= 15 is 0 Å². The van der Waals surface area contributed by atoms with Gasteiger partial charge >= 0.3 is 0 Å². The van der Waals surface area contributed by atoms with E-state index in [-0.39, 0.29) is 43.7 Å². The van der Waals surface area contributed by atoms with Crippen molar-refractivity contribution in [2.24, 2.45) is 0 Å². The fourth-order valence-electron chi connectivity index (χ4n) is 3.97. The summed E-state index contributed by atoms with van der Waals surface area (Å²) in [6.45, 7) is 0. The second kappa shape index (κ2) is 10.7. The first-order valence-electron chi connectivity index (χ1n) is 12.7. The van der Waals surface area contributed by atoms with Crippen molar-refractivity contribution in [1.82, 2.24) is 9.97 Å². The Morgan fingerprint density at radius 1 is 0.525 bits per heavy atom. The van der Waals surface area contributed by atoms with E-state index in [1.807, 2.05) is 12.1 Å². The number of aromatic nitrogens is 2. The van der Waals surface area contributed by atoms with E-state index in [1.165, 1.54) is 24.5 Å². The van der Waals surface area contributed by atoms with Crippen LogP contribution in [0.2, 0.25) is 0 Å². The van der Waals surface area contributed by atoms with Gasteiger partial charge in [0.2, 0.25) is 0 Å². The number of benzene rings is 3. The molecule has 178 valence electrons. The van der Waals surface area contributed by atoms with Crippen LogP contribution in [-0.2, 0) is 0 Å². The van der Waals surface area contributed by atoms with Gasteiger partial charge in [-0.1, -0.05) is 12.1 Å². The molecule has 0 saturated heterocycles. The highest BCUT2D eigenvalue weighted by Gasteiger charge is 2.20. The van der Waals surface area contributed by atoms with Crippen LogP contribution in [0.1, 0.15) is 50.0 Å². The summed E-state index contributed by atoms with van der Waals surface area (Å²) >= 11 is 0. The second-order valence-corrected chi connectivity index (χ2v) is 7.56. The quantitative estimate of drug-likeness (QED) is 0.381. The van der Waals surface area contributed by atoms with Gasteiger partial charge in [0.05, 0.1) is 97.5 Å². The van der Waals surface area contributed by atoms with E-state index in [0.29, 0.717) is 0 Å². The van der Waals surface area contributed by atoms with Crippen molar-refractivity contribution < 1.29 is 5.48 Å². The highest BCUT2D eigenvalue weighted by atomic mass is 14.8. The van der Waals surface area contributed by atoms with Gasteiger partial charge in [-0.2, -0.15) is 42.1 Å². The minimum absolute atomic E-state index is 0.0312. The van der Waals surface area contributed by atoms with Crippen LogP contribution in [0, 0.1) is 90.6 Å². The van der Waals surface area contributed by atoms with Gasteiger partial charge in [0, 0.05) is 34.0 Å². The van der Waals surface area contributed by atoms with Gasteiger partial charge in [-0.05, 0) is 24.2 Å². The molecule has 0 aliphatic rings. The molecule has 0 bridgehead atoms. The lowest BCUT2D eigenvalue weighted by molar-refractivity contribution is 1.27. The zero-order valence-corrected chi connectivity index (χ0v) is 19.8. The molecule has 0 amide bonds. The second-order valence-electron chi connectivity index (χ2n) is 7.56. The van der Waals surface area contributed by atoms with E-state index in [0.717, 1.165) is 0 Å². The number of rotatable bonds is 2. The number of fused-ring (bicyclic) bond motifs is 1. The maximum Gasteiger partial charge on any atom is 0.101 e. The van der Waals surface area contributed by atoms with Crippen LogP contribution in [0.15, 0.2) is 48.7 Å². The predicted molar refractivity (Wildman–Crippen MR) is 136 cm³/mol. The highest BCUT2D eigenvalue weighted by molar-refractivity contribution is 5.93. The van der Waals surface area contributed by atoms with Gasteiger partial charge in [-0.25, -0.2) is 0 Å². The Morgan fingerprint density at radius 2 is 0.850 bits per heavy atom. The maximum absolute atomic E-state index is 10.3. The zero-order chi connectivity index (χ0) is 32.3. The molecule has 0 saturated carbocycles. The summed E-state index contributed by atoms with van der Waals surface area (Å²) in [5.41, 5.74) is -4.68. The minimum Gasteiger partial charge on any atom is -0.252 e. The van der Waals surface area contributed by atoms with Crippen LogP contribution in [-0.4, -0.2) is 9.97 Å². The summed E-state index contributed by atoms with van der Waals surface area (Å²) in [6, 6.07) is 13.9. The molecule has 0 aliphatic heterocycles. The molecule has 4 aromatic rings. The monoisotopic (exact) mass is 512 g/mol. The molecule has 10 nitrogen and oxygen atoms in total. The standard InChI is InChI=1S/C30H8N10/c31-9-17-5-19(11-33)27(20(6-17)12-34)25(15-37)23-1-2-24(30-29(23)39-3-4-40-30)26(16-38)28-21(13-35)7-18(10-32)8-22(28)14-36/h1-8H/b25-23+,26-24+/i5D,6D,7D,8D. The number of nitriles is 8. The third-order valence-corrected chi connectivity index (χ3v) is 5.56. The Balaban J connectivity index is 2.35. The first kappa shape index (κ1) is 20.8. The van der Waals surface area contributed by atoms with Gasteiger partial charge in [0.15, 0.2) is 0 Å². The van der Waals surface area contributed by atoms with Gasteiger partial charge in [-0.3, -0.25) is 9.97 Å². The zero-order valence-electron chi connectivity index (χ0n) is 23.8. The molecule has 0 aliphatic carbocycles. The van der Waals surface area contributed by atoms with Crippen LogP contribution in [0.25, 0.3) is 22.2 Å². The molecule has 0 spiro atoms. The van der Waals surface area contributed by atoms with Crippen LogP contribution >= 0.6 is 0 Å². The molecular weight excluding hydrogens is 500 g/mol. The van der Waals surface area contributed by atoms with Gasteiger partial charge in [0.25, 0.3) is 0 Å².